The number of ether oxygens (including phenoxy) is 2. The van der Waals surface area contributed by atoms with E-state index in [2.05, 4.69) is 4.74 Å². The van der Waals surface area contributed by atoms with Crippen LogP contribution in [-0.2, 0) is 14.3 Å². The summed E-state index contributed by atoms with van der Waals surface area (Å²) in [6.07, 6.45) is -0.936. The largest absolute Gasteiger partial charge is 0.452 e. The number of ketones is 2. The number of esters is 1. The highest BCUT2D eigenvalue weighted by molar-refractivity contribution is 6.49. The van der Waals surface area contributed by atoms with Crippen molar-refractivity contribution >= 4 is 29.5 Å². The SMILES string of the molecule is CCOC(=O)NC(=O)COC(=O)c1ccc(C(=O)C(=O)c2ccccc2)cc1. The van der Waals surface area contributed by atoms with Crippen molar-refractivity contribution in [3.05, 3.63) is 71.3 Å². The van der Waals surface area contributed by atoms with E-state index in [4.69, 9.17) is 4.74 Å². The van der Waals surface area contributed by atoms with Crippen LogP contribution in [0.4, 0.5) is 4.79 Å². The molecule has 0 fully saturated rings. The lowest BCUT2D eigenvalue weighted by molar-refractivity contribution is -0.123. The molecule has 2 rings (SSSR count). The van der Waals surface area contributed by atoms with Gasteiger partial charge in [-0.1, -0.05) is 42.5 Å². The van der Waals surface area contributed by atoms with Gasteiger partial charge in [0.2, 0.25) is 11.6 Å². The summed E-state index contributed by atoms with van der Waals surface area (Å²) in [6.45, 7) is 0.994. The summed E-state index contributed by atoms with van der Waals surface area (Å²) < 4.78 is 9.30. The van der Waals surface area contributed by atoms with E-state index in [1.54, 1.807) is 25.1 Å². The Labute approximate surface area is 160 Å². The van der Waals surface area contributed by atoms with E-state index in [0.717, 1.165) is 0 Å². The molecule has 0 heterocycles. The third-order valence-electron chi connectivity index (χ3n) is 3.48. The summed E-state index contributed by atoms with van der Waals surface area (Å²) in [4.78, 5) is 58.8. The van der Waals surface area contributed by atoms with Crippen LogP contribution in [0.2, 0.25) is 0 Å². The standard InChI is InChI=1S/C20H17NO7/c1-2-27-20(26)21-16(22)12-28-19(25)15-10-8-14(9-11-15)18(24)17(23)13-6-4-3-5-7-13/h3-11H,2,12H2,1H3,(H,21,22,26). The number of carbonyl (C=O) groups is 5. The van der Waals surface area contributed by atoms with E-state index in [1.165, 1.54) is 36.4 Å². The molecule has 0 aliphatic carbocycles. The van der Waals surface area contributed by atoms with E-state index in [-0.39, 0.29) is 23.3 Å². The fraction of sp³-hybridized carbons (Fsp3) is 0.150. The lowest BCUT2D eigenvalue weighted by atomic mass is 10.0. The fourth-order valence-corrected chi connectivity index (χ4v) is 2.14. The Kier molecular flexibility index (Phi) is 7.15. The first-order valence-corrected chi connectivity index (χ1v) is 8.30. The Hall–Kier alpha value is -3.81. The van der Waals surface area contributed by atoms with Crippen molar-refractivity contribution in [2.45, 2.75) is 6.92 Å². The third kappa shape index (κ3) is 5.60. The van der Waals surface area contributed by atoms with Crippen molar-refractivity contribution in [2.24, 2.45) is 0 Å². The minimum Gasteiger partial charge on any atom is -0.452 e. The van der Waals surface area contributed by atoms with Gasteiger partial charge in [-0.05, 0) is 19.1 Å². The highest BCUT2D eigenvalue weighted by atomic mass is 16.6. The number of hydrogen-bond acceptors (Lipinski definition) is 7. The Morgan fingerprint density at radius 2 is 1.29 bits per heavy atom. The van der Waals surface area contributed by atoms with E-state index < -0.39 is 36.1 Å². The number of Topliss-reactive ketones (excluding diaryl/α,β-unsaturated/α-hetero) is 2. The number of benzene rings is 2. The van der Waals surface area contributed by atoms with Gasteiger partial charge in [0.25, 0.3) is 5.91 Å². The first-order valence-electron chi connectivity index (χ1n) is 8.30. The Morgan fingerprint density at radius 1 is 0.750 bits per heavy atom. The predicted octanol–water partition coefficient (Wildman–Crippen LogP) is 2.18. The van der Waals surface area contributed by atoms with Crippen molar-refractivity contribution in [3.8, 4) is 0 Å². The minimum absolute atomic E-state index is 0.0765. The Morgan fingerprint density at radius 3 is 1.86 bits per heavy atom. The van der Waals surface area contributed by atoms with Gasteiger partial charge in [-0.25, -0.2) is 9.59 Å². The molecule has 0 bridgehead atoms. The predicted molar refractivity (Wildman–Crippen MR) is 97.0 cm³/mol. The number of imide groups is 1. The van der Waals surface area contributed by atoms with Gasteiger partial charge >= 0.3 is 12.1 Å². The highest BCUT2D eigenvalue weighted by Crippen LogP contribution is 2.10. The summed E-state index contributed by atoms with van der Waals surface area (Å²) in [5.41, 5.74) is 0.460. The number of hydrogen-bond donors (Lipinski definition) is 1. The molecular weight excluding hydrogens is 366 g/mol. The zero-order valence-corrected chi connectivity index (χ0v) is 15.0. The zero-order chi connectivity index (χ0) is 20.5. The van der Waals surface area contributed by atoms with Gasteiger partial charge in [-0.3, -0.25) is 19.7 Å². The first kappa shape index (κ1) is 20.5. The van der Waals surface area contributed by atoms with E-state index in [9.17, 15) is 24.0 Å². The summed E-state index contributed by atoms with van der Waals surface area (Å²) in [5, 5.41) is 1.88. The molecule has 2 aromatic carbocycles. The molecule has 0 aliphatic heterocycles. The van der Waals surface area contributed by atoms with Gasteiger partial charge < -0.3 is 9.47 Å². The molecule has 1 N–H and O–H groups in total. The molecule has 8 nitrogen and oxygen atoms in total. The Balaban J connectivity index is 1.93. The molecule has 0 saturated heterocycles. The lowest BCUT2D eigenvalue weighted by Crippen LogP contribution is -2.34. The van der Waals surface area contributed by atoms with Crippen LogP contribution in [0.1, 0.15) is 38.0 Å². The monoisotopic (exact) mass is 383 g/mol. The number of alkyl carbamates (subject to hydrolysis) is 1. The molecule has 144 valence electrons. The first-order chi connectivity index (χ1) is 13.4. The molecule has 0 radical (unpaired) electrons. The van der Waals surface area contributed by atoms with Crippen LogP contribution in [0, 0.1) is 0 Å². The van der Waals surface area contributed by atoms with Gasteiger partial charge in [0.05, 0.1) is 12.2 Å². The molecule has 0 unspecified atom stereocenters. The smallest absolute Gasteiger partial charge is 0.413 e. The van der Waals surface area contributed by atoms with Gasteiger partial charge in [0.15, 0.2) is 6.61 Å². The maximum Gasteiger partial charge on any atom is 0.413 e. The van der Waals surface area contributed by atoms with Crippen LogP contribution >= 0.6 is 0 Å². The Bertz CT molecular complexity index is 889. The number of nitrogens with one attached hydrogen (secondary N) is 1. The van der Waals surface area contributed by atoms with Crippen molar-refractivity contribution in [1.82, 2.24) is 5.32 Å². The lowest BCUT2D eigenvalue weighted by Gasteiger charge is -2.06. The number of amides is 2. The zero-order valence-electron chi connectivity index (χ0n) is 15.0. The van der Waals surface area contributed by atoms with E-state index in [0.29, 0.717) is 0 Å². The van der Waals surface area contributed by atoms with Crippen LogP contribution in [0.5, 0.6) is 0 Å². The average Bonchev–Trinajstić information content (AvgIpc) is 2.71. The van der Waals surface area contributed by atoms with Gasteiger partial charge in [0, 0.05) is 11.1 Å². The van der Waals surface area contributed by atoms with Crippen molar-refractivity contribution in [2.75, 3.05) is 13.2 Å². The quantitative estimate of drug-likeness (QED) is 0.442. The molecule has 2 aromatic rings. The van der Waals surface area contributed by atoms with Crippen LogP contribution in [0.25, 0.3) is 0 Å². The van der Waals surface area contributed by atoms with Crippen LogP contribution in [-0.4, -0.2) is 42.7 Å². The molecule has 2 amide bonds. The van der Waals surface area contributed by atoms with Crippen molar-refractivity contribution in [3.63, 3.8) is 0 Å². The van der Waals surface area contributed by atoms with Gasteiger partial charge in [-0.15, -0.1) is 0 Å². The molecule has 0 atom stereocenters. The number of rotatable bonds is 7. The van der Waals surface area contributed by atoms with Crippen LogP contribution in [0.15, 0.2) is 54.6 Å². The molecule has 0 saturated carbocycles. The third-order valence-corrected chi connectivity index (χ3v) is 3.48. The maximum atomic E-state index is 12.2. The van der Waals surface area contributed by atoms with E-state index >= 15 is 0 Å². The normalized spacial score (nSPS) is 9.89. The summed E-state index contributed by atoms with van der Waals surface area (Å²) >= 11 is 0. The molecule has 0 spiro atoms. The van der Waals surface area contributed by atoms with Gasteiger partial charge in [0.1, 0.15) is 0 Å². The van der Waals surface area contributed by atoms with E-state index in [1.807, 2.05) is 5.32 Å². The molecule has 28 heavy (non-hydrogen) atoms. The molecule has 0 aromatic heterocycles. The summed E-state index contributed by atoms with van der Waals surface area (Å²) in [7, 11) is 0. The summed E-state index contributed by atoms with van der Waals surface area (Å²) in [6, 6.07) is 13.3. The fourth-order valence-electron chi connectivity index (χ4n) is 2.14. The molecular formula is C20H17NO7. The highest BCUT2D eigenvalue weighted by Gasteiger charge is 2.19. The van der Waals surface area contributed by atoms with Crippen LogP contribution in [0.3, 0.4) is 0 Å². The summed E-state index contributed by atoms with van der Waals surface area (Å²) in [5.74, 6) is -3.04. The average molecular weight is 383 g/mol. The second kappa shape index (κ2) is 9.77. The van der Waals surface area contributed by atoms with Crippen molar-refractivity contribution < 1.29 is 33.4 Å². The minimum atomic E-state index is -0.936. The van der Waals surface area contributed by atoms with Gasteiger partial charge in [-0.2, -0.15) is 0 Å². The maximum absolute atomic E-state index is 12.2. The topological polar surface area (TPSA) is 116 Å². The second-order valence-corrected chi connectivity index (χ2v) is 5.45. The molecule has 8 heteroatoms. The molecule has 0 aliphatic rings. The second-order valence-electron chi connectivity index (χ2n) is 5.45. The van der Waals surface area contributed by atoms with Crippen molar-refractivity contribution in [1.29, 1.82) is 0 Å². The number of carbonyl (C=O) groups excluding carboxylic acids is 5. The van der Waals surface area contributed by atoms with Crippen LogP contribution < -0.4 is 5.32 Å².